The molecule has 15 heavy (non-hydrogen) atoms. The number of hydrogen-bond donors (Lipinski definition) is 2. The zero-order chi connectivity index (χ0) is 11.3. The zero-order valence-corrected chi connectivity index (χ0v) is 8.63. The number of hydrogen-bond acceptors (Lipinski definition) is 2. The van der Waals surface area contributed by atoms with Crippen LogP contribution in [0, 0.1) is 11.6 Å². The molecule has 0 radical (unpaired) electrons. The van der Waals surface area contributed by atoms with E-state index >= 15 is 0 Å². The van der Waals surface area contributed by atoms with Gasteiger partial charge in [0.25, 0.3) is 0 Å². The molecule has 0 amide bonds. The van der Waals surface area contributed by atoms with Crippen LogP contribution >= 0.6 is 0 Å². The minimum atomic E-state index is -0.569. The predicted octanol–water partition coefficient (Wildman–Crippen LogP) is 1.83. The minimum Gasteiger partial charge on any atom is -0.393 e. The number of rotatable bonds is 5. The monoisotopic (exact) mass is 215 g/mol. The predicted molar refractivity (Wildman–Crippen MR) is 54.4 cm³/mol. The third-order valence-corrected chi connectivity index (χ3v) is 2.07. The van der Waals surface area contributed by atoms with Crippen molar-refractivity contribution in [1.82, 2.24) is 5.32 Å². The van der Waals surface area contributed by atoms with E-state index in [1.54, 1.807) is 6.92 Å². The van der Waals surface area contributed by atoms with Gasteiger partial charge >= 0.3 is 0 Å². The Labute approximate surface area is 87.9 Å². The van der Waals surface area contributed by atoms with Gasteiger partial charge < -0.3 is 10.4 Å². The largest absolute Gasteiger partial charge is 0.393 e. The van der Waals surface area contributed by atoms with Crippen molar-refractivity contribution in [2.45, 2.75) is 26.0 Å². The lowest BCUT2D eigenvalue weighted by Gasteiger charge is -2.07. The van der Waals surface area contributed by atoms with Crippen molar-refractivity contribution in [2.24, 2.45) is 0 Å². The minimum absolute atomic E-state index is 0.346. The van der Waals surface area contributed by atoms with Crippen molar-refractivity contribution in [3.8, 4) is 0 Å². The topological polar surface area (TPSA) is 32.3 Å². The Kier molecular flexibility index (Phi) is 4.65. The quantitative estimate of drug-likeness (QED) is 0.734. The van der Waals surface area contributed by atoms with Gasteiger partial charge in [-0.2, -0.15) is 0 Å². The van der Waals surface area contributed by atoms with Crippen LogP contribution in [-0.4, -0.2) is 17.8 Å². The van der Waals surface area contributed by atoms with E-state index in [9.17, 15) is 8.78 Å². The van der Waals surface area contributed by atoms with Crippen LogP contribution in [0.3, 0.4) is 0 Å². The summed E-state index contributed by atoms with van der Waals surface area (Å²) >= 11 is 0. The summed E-state index contributed by atoms with van der Waals surface area (Å²) in [5, 5.41) is 11.9. The highest BCUT2D eigenvalue weighted by molar-refractivity contribution is 5.18. The van der Waals surface area contributed by atoms with E-state index in [1.165, 1.54) is 12.1 Å². The van der Waals surface area contributed by atoms with Crippen LogP contribution in [0.25, 0.3) is 0 Å². The van der Waals surface area contributed by atoms with Crippen molar-refractivity contribution in [3.05, 3.63) is 35.4 Å². The molecular formula is C11H15F2NO. The van der Waals surface area contributed by atoms with Gasteiger partial charge in [-0.25, -0.2) is 8.78 Å². The Morgan fingerprint density at radius 3 is 2.73 bits per heavy atom. The molecule has 2 nitrogen and oxygen atoms in total. The van der Waals surface area contributed by atoms with E-state index in [0.717, 1.165) is 6.07 Å². The first-order valence-electron chi connectivity index (χ1n) is 4.92. The Morgan fingerprint density at radius 2 is 2.13 bits per heavy atom. The molecule has 0 saturated carbocycles. The Bertz CT molecular complexity index is 315. The van der Waals surface area contributed by atoms with Gasteiger partial charge in [0.15, 0.2) is 0 Å². The summed E-state index contributed by atoms with van der Waals surface area (Å²) in [5.41, 5.74) is 0.432. The molecule has 4 heteroatoms. The second-order valence-electron chi connectivity index (χ2n) is 3.55. The summed E-state index contributed by atoms with van der Waals surface area (Å²) in [4.78, 5) is 0. The molecule has 2 N–H and O–H groups in total. The van der Waals surface area contributed by atoms with Gasteiger partial charge in [0, 0.05) is 18.2 Å². The lowest BCUT2D eigenvalue weighted by molar-refractivity contribution is 0.183. The number of aliphatic hydroxyl groups is 1. The van der Waals surface area contributed by atoms with Crippen LogP contribution in [0.1, 0.15) is 18.9 Å². The van der Waals surface area contributed by atoms with Crippen molar-refractivity contribution in [1.29, 1.82) is 0 Å². The molecule has 0 fully saturated rings. The summed E-state index contributed by atoms with van der Waals surface area (Å²) in [6.45, 7) is 2.65. The van der Waals surface area contributed by atoms with Crippen LogP contribution < -0.4 is 5.32 Å². The van der Waals surface area contributed by atoms with E-state index in [4.69, 9.17) is 5.11 Å². The highest BCUT2D eigenvalue weighted by Crippen LogP contribution is 2.08. The standard InChI is InChI=1S/C11H15F2NO/c1-8(15)4-5-14-7-9-2-3-10(12)6-11(9)13/h2-3,6,8,14-15H,4-5,7H2,1H3/t8-/m0/s1. The SMILES string of the molecule is C[C@H](O)CCNCc1ccc(F)cc1F. The number of benzene rings is 1. The van der Waals surface area contributed by atoms with Gasteiger partial charge in [0.05, 0.1) is 6.10 Å². The van der Waals surface area contributed by atoms with Gasteiger partial charge in [-0.05, 0) is 26.0 Å². The average Bonchev–Trinajstić information content (AvgIpc) is 2.14. The van der Waals surface area contributed by atoms with Gasteiger partial charge in [-0.15, -0.1) is 0 Å². The molecule has 0 aliphatic heterocycles. The van der Waals surface area contributed by atoms with Crippen molar-refractivity contribution < 1.29 is 13.9 Å². The number of halogens is 2. The van der Waals surface area contributed by atoms with E-state index < -0.39 is 11.6 Å². The van der Waals surface area contributed by atoms with Crippen molar-refractivity contribution in [3.63, 3.8) is 0 Å². The fraction of sp³-hybridized carbons (Fsp3) is 0.455. The second kappa shape index (κ2) is 5.78. The summed E-state index contributed by atoms with van der Waals surface area (Å²) in [7, 11) is 0. The van der Waals surface area contributed by atoms with Crippen LogP contribution in [0.4, 0.5) is 8.78 Å². The van der Waals surface area contributed by atoms with E-state index in [-0.39, 0.29) is 6.10 Å². The maximum Gasteiger partial charge on any atom is 0.130 e. The molecule has 0 unspecified atom stereocenters. The summed E-state index contributed by atoms with van der Waals surface area (Å²) in [5.74, 6) is -1.11. The maximum atomic E-state index is 13.1. The molecule has 0 heterocycles. The number of aliphatic hydroxyl groups excluding tert-OH is 1. The molecule has 0 bridgehead atoms. The van der Waals surface area contributed by atoms with Gasteiger partial charge in [0.2, 0.25) is 0 Å². The van der Waals surface area contributed by atoms with Gasteiger partial charge in [-0.3, -0.25) is 0 Å². The first-order valence-corrected chi connectivity index (χ1v) is 4.92. The first kappa shape index (κ1) is 12.1. The molecule has 0 aliphatic rings. The number of nitrogens with one attached hydrogen (secondary N) is 1. The highest BCUT2D eigenvalue weighted by atomic mass is 19.1. The lowest BCUT2D eigenvalue weighted by Crippen LogP contribution is -2.19. The van der Waals surface area contributed by atoms with Gasteiger partial charge in [0.1, 0.15) is 11.6 Å². The molecule has 0 spiro atoms. The van der Waals surface area contributed by atoms with E-state index in [0.29, 0.717) is 25.1 Å². The fourth-order valence-electron chi connectivity index (χ4n) is 1.20. The molecule has 0 aliphatic carbocycles. The van der Waals surface area contributed by atoms with Crippen LogP contribution in [0.15, 0.2) is 18.2 Å². The lowest BCUT2D eigenvalue weighted by atomic mass is 10.2. The Morgan fingerprint density at radius 1 is 1.40 bits per heavy atom. The maximum absolute atomic E-state index is 13.1. The molecule has 0 saturated heterocycles. The normalized spacial score (nSPS) is 12.8. The third-order valence-electron chi connectivity index (χ3n) is 2.07. The Hall–Kier alpha value is -1.00. The Balaban J connectivity index is 2.37. The molecule has 1 aromatic rings. The van der Waals surface area contributed by atoms with Crippen molar-refractivity contribution >= 4 is 0 Å². The first-order chi connectivity index (χ1) is 7.09. The molecule has 1 aromatic carbocycles. The average molecular weight is 215 g/mol. The van der Waals surface area contributed by atoms with Crippen molar-refractivity contribution in [2.75, 3.05) is 6.54 Å². The molecular weight excluding hydrogens is 200 g/mol. The summed E-state index contributed by atoms with van der Waals surface area (Å²) in [6, 6.07) is 3.51. The zero-order valence-electron chi connectivity index (χ0n) is 8.63. The van der Waals surface area contributed by atoms with E-state index in [2.05, 4.69) is 5.32 Å². The van der Waals surface area contributed by atoms with Crippen LogP contribution in [0.5, 0.6) is 0 Å². The highest BCUT2D eigenvalue weighted by Gasteiger charge is 2.03. The van der Waals surface area contributed by atoms with E-state index in [1.807, 2.05) is 0 Å². The fourth-order valence-corrected chi connectivity index (χ4v) is 1.20. The van der Waals surface area contributed by atoms with Crippen LogP contribution in [0.2, 0.25) is 0 Å². The van der Waals surface area contributed by atoms with Gasteiger partial charge in [-0.1, -0.05) is 6.07 Å². The molecule has 1 rings (SSSR count). The smallest absolute Gasteiger partial charge is 0.130 e. The summed E-state index contributed by atoms with van der Waals surface area (Å²) < 4.78 is 25.7. The molecule has 84 valence electrons. The molecule has 0 aromatic heterocycles. The summed E-state index contributed by atoms with van der Waals surface area (Å²) in [6.07, 6.45) is 0.249. The second-order valence-corrected chi connectivity index (χ2v) is 3.55. The van der Waals surface area contributed by atoms with Crippen LogP contribution in [-0.2, 0) is 6.54 Å². The third kappa shape index (κ3) is 4.36. The molecule has 1 atom stereocenters.